The lowest BCUT2D eigenvalue weighted by molar-refractivity contribution is -0.384. The quantitative estimate of drug-likeness (QED) is 0.223. The van der Waals surface area contributed by atoms with E-state index in [0.717, 1.165) is 24.8 Å². The molecule has 1 aromatic carbocycles. The molecule has 36 heavy (non-hydrogen) atoms. The molecule has 3 heterocycles. The molecule has 1 atom stereocenters. The molecule has 12 nitrogen and oxygen atoms in total. The van der Waals surface area contributed by atoms with Crippen LogP contribution in [0, 0.1) is 17.0 Å². The average Bonchev–Trinajstić information content (AvgIpc) is 3.44. The van der Waals surface area contributed by atoms with Gasteiger partial charge in [0, 0.05) is 43.7 Å². The highest BCUT2D eigenvalue weighted by Crippen LogP contribution is 2.33. The van der Waals surface area contributed by atoms with E-state index in [9.17, 15) is 10.1 Å². The van der Waals surface area contributed by atoms with Gasteiger partial charge in [0.15, 0.2) is 12.5 Å². The molecular weight excluding hydrogens is 466 g/mol. The molecule has 3 aromatic rings. The number of nitrogens with two attached hydrogens (primary N) is 1. The second-order valence-electron chi connectivity index (χ2n) is 8.53. The van der Waals surface area contributed by atoms with Crippen molar-refractivity contribution in [3.05, 3.63) is 46.1 Å². The standard InChI is InChI=1S/C24H33N7O5/c1-4-34-23(35-5-2)15-29-21(27-19-12-17(31(32)33)10-9-16(19)3)13-20(28-29)18-14-26-30(24(18)25)22-8-6-7-11-36-22/h9-10,12-14,22-23,27H,4-8,11,15,25H2,1-3H3. The van der Waals surface area contributed by atoms with Crippen LogP contribution >= 0.6 is 0 Å². The van der Waals surface area contributed by atoms with Gasteiger partial charge in [-0.2, -0.15) is 10.2 Å². The first-order valence-corrected chi connectivity index (χ1v) is 12.2. The molecule has 0 bridgehead atoms. The molecule has 1 aliphatic heterocycles. The van der Waals surface area contributed by atoms with Crippen LogP contribution in [0.2, 0.25) is 0 Å². The van der Waals surface area contributed by atoms with Crippen LogP contribution in [0.15, 0.2) is 30.5 Å². The fourth-order valence-corrected chi connectivity index (χ4v) is 4.17. The van der Waals surface area contributed by atoms with E-state index in [1.807, 2.05) is 26.8 Å². The van der Waals surface area contributed by atoms with E-state index in [1.54, 1.807) is 21.6 Å². The smallest absolute Gasteiger partial charge is 0.271 e. The first-order valence-electron chi connectivity index (χ1n) is 12.2. The summed E-state index contributed by atoms with van der Waals surface area (Å²) in [7, 11) is 0. The molecule has 0 aliphatic carbocycles. The lowest BCUT2D eigenvalue weighted by Crippen LogP contribution is -2.25. The fraction of sp³-hybridized carbons (Fsp3) is 0.500. The predicted molar refractivity (Wildman–Crippen MR) is 135 cm³/mol. The number of aryl methyl sites for hydroxylation is 1. The predicted octanol–water partition coefficient (Wildman–Crippen LogP) is 4.39. The van der Waals surface area contributed by atoms with Gasteiger partial charge in [0.1, 0.15) is 11.6 Å². The Morgan fingerprint density at radius 2 is 2.06 bits per heavy atom. The maximum absolute atomic E-state index is 11.3. The zero-order valence-electron chi connectivity index (χ0n) is 20.8. The van der Waals surface area contributed by atoms with Crippen LogP contribution < -0.4 is 11.1 Å². The van der Waals surface area contributed by atoms with Gasteiger partial charge in [-0.1, -0.05) is 6.07 Å². The Morgan fingerprint density at radius 1 is 1.28 bits per heavy atom. The minimum atomic E-state index is -0.518. The van der Waals surface area contributed by atoms with E-state index < -0.39 is 11.2 Å². The van der Waals surface area contributed by atoms with Crippen molar-refractivity contribution < 1.29 is 19.1 Å². The number of nitro benzene ring substituents is 1. The third kappa shape index (κ3) is 5.66. The van der Waals surface area contributed by atoms with Crippen molar-refractivity contribution in [3.63, 3.8) is 0 Å². The summed E-state index contributed by atoms with van der Waals surface area (Å²) in [4.78, 5) is 10.9. The number of hydrogen-bond donors (Lipinski definition) is 2. The Hall–Kier alpha value is -3.48. The SMILES string of the molecule is CCOC(Cn1nc(-c2cnn(C3CCCCO3)c2N)cc1Nc1cc([N+](=O)[O-])ccc1C)OCC. The van der Waals surface area contributed by atoms with Gasteiger partial charge in [0.05, 0.1) is 28.9 Å². The molecule has 12 heteroatoms. The highest BCUT2D eigenvalue weighted by Gasteiger charge is 2.23. The summed E-state index contributed by atoms with van der Waals surface area (Å²) in [5.74, 6) is 1.08. The summed E-state index contributed by atoms with van der Waals surface area (Å²) in [5, 5.41) is 23.9. The minimum Gasteiger partial charge on any atom is -0.383 e. The maximum atomic E-state index is 11.3. The van der Waals surface area contributed by atoms with Crippen molar-refractivity contribution in [2.24, 2.45) is 0 Å². The molecule has 2 aromatic heterocycles. The number of benzene rings is 1. The Bertz CT molecular complexity index is 1180. The number of anilines is 3. The Morgan fingerprint density at radius 3 is 2.72 bits per heavy atom. The number of hydrogen-bond acceptors (Lipinski definition) is 9. The van der Waals surface area contributed by atoms with Gasteiger partial charge in [0.2, 0.25) is 0 Å². The van der Waals surface area contributed by atoms with Crippen molar-refractivity contribution in [2.45, 2.75) is 59.1 Å². The lowest BCUT2D eigenvalue weighted by atomic mass is 10.1. The van der Waals surface area contributed by atoms with Gasteiger partial charge < -0.3 is 25.3 Å². The second-order valence-corrected chi connectivity index (χ2v) is 8.53. The normalized spacial score (nSPS) is 15.9. The fourth-order valence-electron chi connectivity index (χ4n) is 4.17. The lowest BCUT2D eigenvalue weighted by Gasteiger charge is -2.23. The summed E-state index contributed by atoms with van der Waals surface area (Å²) >= 11 is 0. The van der Waals surface area contributed by atoms with E-state index in [0.29, 0.717) is 54.9 Å². The summed E-state index contributed by atoms with van der Waals surface area (Å²) in [5.41, 5.74) is 9.20. The first kappa shape index (κ1) is 25.6. The van der Waals surface area contributed by atoms with Gasteiger partial charge in [0.25, 0.3) is 5.69 Å². The summed E-state index contributed by atoms with van der Waals surface area (Å²) < 4.78 is 20.7. The van der Waals surface area contributed by atoms with Crippen LogP contribution in [0.4, 0.5) is 23.0 Å². The van der Waals surface area contributed by atoms with Crippen molar-refractivity contribution in [3.8, 4) is 11.3 Å². The van der Waals surface area contributed by atoms with Crippen molar-refractivity contribution in [2.75, 3.05) is 30.9 Å². The third-order valence-corrected chi connectivity index (χ3v) is 6.04. The van der Waals surface area contributed by atoms with Gasteiger partial charge in [-0.05, 0) is 45.6 Å². The van der Waals surface area contributed by atoms with E-state index in [1.165, 1.54) is 12.1 Å². The summed E-state index contributed by atoms with van der Waals surface area (Å²) in [6.45, 7) is 7.62. The van der Waals surface area contributed by atoms with Crippen LogP contribution in [-0.2, 0) is 20.8 Å². The Kier molecular flexibility index (Phi) is 8.18. The zero-order valence-corrected chi connectivity index (χ0v) is 20.8. The van der Waals surface area contributed by atoms with Crippen molar-refractivity contribution >= 4 is 23.0 Å². The minimum absolute atomic E-state index is 0.00565. The number of non-ortho nitro benzene ring substituents is 1. The second kappa shape index (κ2) is 11.5. The number of nitrogens with one attached hydrogen (secondary N) is 1. The summed E-state index contributed by atoms with van der Waals surface area (Å²) in [6, 6.07) is 6.53. The van der Waals surface area contributed by atoms with Gasteiger partial charge >= 0.3 is 0 Å². The number of ether oxygens (including phenoxy) is 3. The molecule has 1 aliphatic rings. The van der Waals surface area contributed by atoms with Crippen molar-refractivity contribution in [1.82, 2.24) is 19.6 Å². The largest absolute Gasteiger partial charge is 0.383 e. The van der Waals surface area contributed by atoms with E-state index in [4.69, 9.17) is 25.0 Å². The average molecular weight is 500 g/mol. The van der Waals surface area contributed by atoms with E-state index >= 15 is 0 Å². The van der Waals surface area contributed by atoms with Gasteiger partial charge in [-0.15, -0.1) is 0 Å². The first-order chi connectivity index (χ1) is 17.4. The van der Waals surface area contributed by atoms with E-state index in [-0.39, 0.29) is 11.9 Å². The molecule has 0 amide bonds. The molecule has 1 unspecified atom stereocenters. The van der Waals surface area contributed by atoms with Crippen LogP contribution in [-0.4, -0.2) is 50.6 Å². The molecule has 0 saturated carbocycles. The monoisotopic (exact) mass is 499 g/mol. The number of nitrogen functional groups attached to an aromatic ring is 1. The summed E-state index contributed by atoms with van der Waals surface area (Å²) in [6.07, 6.45) is 3.91. The van der Waals surface area contributed by atoms with Crippen LogP contribution in [0.5, 0.6) is 0 Å². The van der Waals surface area contributed by atoms with Gasteiger partial charge in [-0.25, -0.2) is 9.36 Å². The Labute approximate surface area is 209 Å². The number of nitro groups is 1. The van der Waals surface area contributed by atoms with Crippen LogP contribution in [0.3, 0.4) is 0 Å². The molecule has 4 rings (SSSR count). The molecule has 3 N–H and O–H groups in total. The number of rotatable bonds is 11. The molecular formula is C24H33N7O5. The maximum Gasteiger partial charge on any atom is 0.271 e. The molecule has 1 fully saturated rings. The molecule has 0 spiro atoms. The molecule has 194 valence electrons. The third-order valence-electron chi connectivity index (χ3n) is 6.04. The van der Waals surface area contributed by atoms with Crippen molar-refractivity contribution in [1.29, 1.82) is 0 Å². The van der Waals surface area contributed by atoms with E-state index in [2.05, 4.69) is 10.4 Å². The molecule has 0 radical (unpaired) electrons. The topological polar surface area (TPSA) is 145 Å². The molecule has 1 saturated heterocycles. The highest BCUT2D eigenvalue weighted by molar-refractivity contribution is 5.74. The number of aromatic nitrogens is 4. The van der Waals surface area contributed by atoms with Gasteiger partial charge in [-0.3, -0.25) is 10.1 Å². The van der Waals surface area contributed by atoms with Crippen LogP contribution in [0.1, 0.15) is 44.9 Å². The van der Waals surface area contributed by atoms with Crippen LogP contribution in [0.25, 0.3) is 11.3 Å². The Balaban J connectivity index is 1.70. The highest BCUT2D eigenvalue weighted by atomic mass is 16.7. The number of nitrogens with zero attached hydrogens (tertiary/aromatic N) is 5. The zero-order chi connectivity index (χ0) is 25.7.